The molecule has 0 heterocycles. The summed E-state index contributed by atoms with van der Waals surface area (Å²) >= 11 is 0. The lowest BCUT2D eigenvalue weighted by atomic mass is 9.84. The topological polar surface area (TPSA) is 0 Å². The van der Waals surface area contributed by atoms with Gasteiger partial charge in [0, 0.05) is 28.2 Å². The highest BCUT2D eigenvalue weighted by atomic mass is 19.4. The number of fused-ring (bicyclic) bond motifs is 3. The number of hydrogen-bond donors (Lipinski definition) is 0. The van der Waals surface area contributed by atoms with Crippen LogP contribution in [0.1, 0.15) is 33.7 Å². The Kier molecular flexibility index (Phi) is 5.38. The van der Waals surface area contributed by atoms with Crippen LogP contribution >= 0.6 is 0 Å². The maximum absolute atomic E-state index is 14.7. The summed E-state index contributed by atoms with van der Waals surface area (Å²) < 4.78 is 194. The second kappa shape index (κ2) is 7.59. The number of alkyl halides is 6. The first-order valence-electron chi connectivity index (χ1n) is 9.00. The SMILES string of the molecule is Fc1c(F)c(F)c2c(c1F)-c1c(F)c(F)c(F)c(F)c1C2c1ccc(C(F)(F)F)cc1C(F)(F)F. The minimum atomic E-state index is -5.71. The van der Waals surface area contributed by atoms with Crippen LogP contribution in [0, 0.1) is 46.5 Å². The maximum Gasteiger partial charge on any atom is 0.416 e. The fourth-order valence-corrected chi connectivity index (χ4v) is 4.01. The number of halogens is 14. The van der Waals surface area contributed by atoms with Crippen LogP contribution in [0.3, 0.4) is 0 Å². The smallest absolute Gasteiger partial charge is 0.203 e. The van der Waals surface area contributed by atoms with Gasteiger partial charge in [-0.3, -0.25) is 0 Å². The molecule has 0 spiro atoms. The fraction of sp³-hybridized carbons (Fsp3) is 0.143. The molecule has 35 heavy (non-hydrogen) atoms. The van der Waals surface area contributed by atoms with E-state index in [2.05, 4.69) is 0 Å². The molecule has 0 radical (unpaired) electrons. The zero-order valence-corrected chi connectivity index (χ0v) is 16.1. The van der Waals surface area contributed by atoms with Crippen molar-refractivity contribution in [3.8, 4) is 11.1 Å². The van der Waals surface area contributed by atoms with E-state index in [-0.39, 0.29) is 12.1 Å². The Bertz CT molecular complexity index is 1330. The molecule has 0 atom stereocenters. The van der Waals surface area contributed by atoms with Gasteiger partial charge in [0.25, 0.3) is 0 Å². The highest BCUT2D eigenvalue weighted by Crippen LogP contribution is 2.55. The molecular weight excluding hydrogens is 518 g/mol. The minimum absolute atomic E-state index is 0.00449. The molecule has 186 valence electrons. The van der Waals surface area contributed by atoms with Crippen LogP contribution < -0.4 is 0 Å². The van der Waals surface area contributed by atoms with Crippen LogP contribution in [0.4, 0.5) is 61.5 Å². The van der Waals surface area contributed by atoms with E-state index in [1.54, 1.807) is 0 Å². The molecule has 0 saturated heterocycles. The Morgan fingerprint density at radius 2 is 0.886 bits per heavy atom. The lowest BCUT2D eigenvalue weighted by Gasteiger charge is -2.22. The molecule has 14 heteroatoms. The standard InChI is InChI=1S/C21H4F14/c22-12-8-7(5-2-1-4(20(30,31)32)3-6(5)21(33,34)35)9-11(10(8)14(24)18(28)16(12)26)15(25)19(29)17(27)13(9)23/h1-3,7H. The average Bonchev–Trinajstić information content (AvgIpc) is 3.13. The summed E-state index contributed by atoms with van der Waals surface area (Å²) in [5, 5.41) is 0. The molecule has 4 rings (SSSR count). The van der Waals surface area contributed by atoms with Crippen LogP contribution in [-0.2, 0) is 12.4 Å². The molecule has 0 saturated carbocycles. The van der Waals surface area contributed by atoms with Crippen molar-refractivity contribution < 1.29 is 61.5 Å². The van der Waals surface area contributed by atoms with Crippen LogP contribution in [0.15, 0.2) is 18.2 Å². The van der Waals surface area contributed by atoms with Crippen molar-refractivity contribution in [3.05, 3.63) is 92.6 Å². The molecule has 1 aliphatic rings. The first kappa shape index (κ1) is 24.8. The maximum atomic E-state index is 14.7. The molecule has 0 bridgehead atoms. The number of hydrogen-bond acceptors (Lipinski definition) is 0. The van der Waals surface area contributed by atoms with E-state index in [4.69, 9.17) is 0 Å². The summed E-state index contributed by atoms with van der Waals surface area (Å²) in [7, 11) is 0. The van der Waals surface area contributed by atoms with Crippen molar-refractivity contribution in [2.75, 3.05) is 0 Å². The van der Waals surface area contributed by atoms with E-state index in [0.717, 1.165) is 0 Å². The third-order valence-electron chi connectivity index (χ3n) is 5.43. The van der Waals surface area contributed by atoms with Crippen LogP contribution in [0.25, 0.3) is 11.1 Å². The summed E-state index contributed by atoms with van der Waals surface area (Å²) in [5.74, 6) is -23.3. The van der Waals surface area contributed by atoms with Gasteiger partial charge in [0.2, 0.25) is 0 Å². The fourth-order valence-electron chi connectivity index (χ4n) is 4.01. The molecule has 0 aliphatic heterocycles. The summed E-state index contributed by atoms with van der Waals surface area (Å²) in [6, 6.07) is -0.480. The second-order valence-electron chi connectivity index (χ2n) is 7.32. The lowest BCUT2D eigenvalue weighted by molar-refractivity contribution is -0.143. The van der Waals surface area contributed by atoms with Crippen molar-refractivity contribution in [1.29, 1.82) is 0 Å². The van der Waals surface area contributed by atoms with E-state index in [1.165, 1.54) is 0 Å². The van der Waals surface area contributed by atoms with Crippen molar-refractivity contribution in [3.63, 3.8) is 0 Å². The van der Waals surface area contributed by atoms with Crippen molar-refractivity contribution in [2.45, 2.75) is 18.3 Å². The monoisotopic (exact) mass is 522 g/mol. The summed E-state index contributed by atoms with van der Waals surface area (Å²) in [5.41, 5.74) is -12.6. The minimum Gasteiger partial charge on any atom is -0.203 e. The van der Waals surface area contributed by atoms with Gasteiger partial charge in [-0.2, -0.15) is 26.3 Å². The Morgan fingerprint density at radius 1 is 0.486 bits per heavy atom. The van der Waals surface area contributed by atoms with Gasteiger partial charge in [-0.1, -0.05) is 6.07 Å². The lowest BCUT2D eigenvalue weighted by Crippen LogP contribution is -2.17. The summed E-state index contributed by atoms with van der Waals surface area (Å²) in [4.78, 5) is 0. The van der Waals surface area contributed by atoms with Crippen molar-refractivity contribution >= 4 is 0 Å². The van der Waals surface area contributed by atoms with E-state index < -0.39 is 110 Å². The molecule has 0 amide bonds. The normalized spacial score (nSPS) is 13.9. The molecule has 3 aromatic carbocycles. The third-order valence-corrected chi connectivity index (χ3v) is 5.43. The van der Waals surface area contributed by atoms with Gasteiger partial charge >= 0.3 is 12.4 Å². The molecule has 0 aromatic heterocycles. The largest absolute Gasteiger partial charge is 0.416 e. The first-order chi connectivity index (χ1) is 16.0. The second-order valence-corrected chi connectivity index (χ2v) is 7.32. The molecule has 3 aromatic rings. The zero-order valence-electron chi connectivity index (χ0n) is 16.1. The van der Waals surface area contributed by atoms with Crippen molar-refractivity contribution in [2.24, 2.45) is 0 Å². The summed E-state index contributed by atoms with van der Waals surface area (Å²) in [6.07, 6.45) is -11.1. The molecule has 0 nitrogen and oxygen atoms in total. The molecule has 1 aliphatic carbocycles. The Hall–Kier alpha value is -3.32. The third kappa shape index (κ3) is 3.44. The van der Waals surface area contributed by atoms with E-state index >= 15 is 0 Å². The van der Waals surface area contributed by atoms with E-state index in [9.17, 15) is 61.5 Å². The zero-order chi connectivity index (χ0) is 26.4. The van der Waals surface area contributed by atoms with Crippen LogP contribution in [0.5, 0.6) is 0 Å². The van der Waals surface area contributed by atoms with Gasteiger partial charge in [0.1, 0.15) is 0 Å². The molecule has 0 unspecified atom stereocenters. The van der Waals surface area contributed by atoms with E-state index in [0.29, 0.717) is 0 Å². The molecular formula is C21H4F14. The predicted molar refractivity (Wildman–Crippen MR) is 88.9 cm³/mol. The van der Waals surface area contributed by atoms with Crippen LogP contribution in [0.2, 0.25) is 0 Å². The van der Waals surface area contributed by atoms with Crippen LogP contribution in [-0.4, -0.2) is 0 Å². The Balaban J connectivity index is 2.23. The van der Waals surface area contributed by atoms with Gasteiger partial charge in [-0.15, -0.1) is 0 Å². The Morgan fingerprint density at radius 3 is 1.26 bits per heavy atom. The first-order valence-corrected chi connectivity index (χ1v) is 9.00. The highest BCUT2D eigenvalue weighted by Gasteiger charge is 2.48. The highest BCUT2D eigenvalue weighted by molar-refractivity contribution is 5.83. The molecule has 0 fully saturated rings. The quantitative estimate of drug-likeness (QED) is 0.135. The molecule has 0 N–H and O–H groups in total. The van der Waals surface area contributed by atoms with Crippen molar-refractivity contribution in [1.82, 2.24) is 0 Å². The number of benzene rings is 3. The predicted octanol–water partition coefficient (Wildman–Crippen LogP) is 8.00. The van der Waals surface area contributed by atoms with Gasteiger partial charge in [-0.05, 0) is 17.7 Å². The van der Waals surface area contributed by atoms with E-state index in [1.807, 2.05) is 0 Å². The van der Waals surface area contributed by atoms with Gasteiger partial charge < -0.3 is 0 Å². The number of rotatable bonds is 1. The average molecular weight is 522 g/mol. The van der Waals surface area contributed by atoms with Gasteiger partial charge in [0.15, 0.2) is 46.5 Å². The Labute approximate surface area is 184 Å². The summed E-state index contributed by atoms with van der Waals surface area (Å²) in [6.45, 7) is 0. The van der Waals surface area contributed by atoms with Gasteiger partial charge in [-0.25, -0.2) is 35.1 Å². The van der Waals surface area contributed by atoms with Gasteiger partial charge in [0.05, 0.1) is 11.1 Å².